The molecule has 0 radical (unpaired) electrons. The van der Waals surface area contributed by atoms with E-state index in [-0.39, 0.29) is 41.9 Å². The van der Waals surface area contributed by atoms with Crippen LogP contribution in [0.3, 0.4) is 0 Å². The van der Waals surface area contributed by atoms with E-state index >= 15 is 0 Å². The maximum atomic E-state index is 13.7. The zero-order valence-corrected chi connectivity index (χ0v) is 17.5. The molecule has 10 heteroatoms. The van der Waals surface area contributed by atoms with Crippen LogP contribution in [0.2, 0.25) is 0 Å². The standard InChI is InChI=1S/C17H22F4N4O.HI/c1-22-14(26)7-10-3-5-25(6-4-10)17(23-2)24-9-11-15(20)12(18)8-13(19)16(11)21;/h8,10H,3-7,9H2,1-2H3,(H,22,26)(H,23,24);1H. The van der Waals surface area contributed by atoms with Crippen molar-refractivity contribution in [2.24, 2.45) is 10.9 Å². The number of carbonyl (C=O) groups excluding carboxylic acids is 1. The van der Waals surface area contributed by atoms with Crippen LogP contribution in [-0.2, 0) is 11.3 Å². The maximum Gasteiger partial charge on any atom is 0.220 e. The van der Waals surface area contributed by atoms with Crippen molar-refractivity contribution >= 4 is 35.8 Å². The largest absolute Gasteiger partial charge is 0.359 e. The van der Waals surface area contributed by atoms with Crippen LogP contribution in [0.15, 0.2) is 11.1 Å². The summed E-state index contributed by atoms with van der Waals surface area (Å²) in [5, 5.41) is 5.34. The Morgan fingerprint density at radius 1 is 1.19 bits per heavy atom. The Balaban J connectivity index is 0.00000364. The third kappa shape index (κ3) is 5.94. The molecular weight excluding hydrogens is 479 g/mol. The molecule has 1 saturated heterocycles. The molecule has 0 aromatic heterocycles. The predicted molar refractivity (Wildman–Crippen MR) is 105 cm³/mol. The van der Waals surface area contributed by atoms with Crippen molar-refractivity contribution in [1.82, 2.24) is 15.5 Å². The van der Waals surface area contributed by atoms with Crippen LogP contribution in [0.25, 0.3) is 0 Å². The SMILES string of the molecule is CN=C(NCc1c(F)c(F)cc(F)c1F)N1CCC(CC(=O)NC)CC1.I. The van der Waals surface area contributed by atoms with Crippen LogP contribution in [0.1, 0.15) is 24.8 Å². The van der Waals surface area contributed by atoms with Gasteiger partial charge in [-0.25, -0.2) is 17.6 Å². The molecule has 1 amide bonds. The fourth-order valence-electron chi connectivity index (χ4n) is 2.99. The number of guanidine groups is 1. The first-order chi connectivity index (χ1) is 12.4. The molecule has 2 N–H and O–H groups in total. The summed E-state index contributed by atoms with van der Waals surface area (Å²) < 4.78 is 54.0. The van der Waals surface area contributed by atoms with Gasteiger partial charge in [0.2, 0.25) is 5.91 Å². The quantitative estimate of drug-likeness (QED) is 0.219. The van der Waals surface area contributed by atoms with Gasteiger partial charge in [-0.3, -0.25) is 9.79 Å². The Labute approximate surface area is 172 Å². The number of carbonyl (C=O) groups is 1. The van der Waals surface area contributed by atoms with Crippen LogP contribution in [0, 0.1) is 29.2 Å². The number of rotatable bonds is 4. The van der Waals surface area contributed by atoms with Gasteiger partial charge in [-0.15, -0.1) is 24.0 Å². The second-order valence-corrected chi connectivity index (χ2v) is 6.16. The van der Waals surface area contributed by atoms with E-state index in [9.17, 15) is 22.4 Å². The van der Waals surface area contributed by atoms with Crippen molar-refractivity contribution in [2.75, 3.05) is 27.2 Å². The molecule has 2 rings (SSSR count). The van der Waals surface area contributed by atoms with E-state index in [1.807, 2.05) is 4.90 Å². The van der Waals surface area contributed by atoms with Crippen LogP contribution >= 0.6 is 24.0 Å². The molecule has 1 aliphatic rings. The summed E-state index contributed by atoms with van der Waals surface area (Å²) in [7, 11) is 3.11. The molecule has 1 aromatic rings. The number of halogens is 5. The van der Waals surface area contributed by atoms with E-state index in [1.54, 1.807) is 7.05 Å². The first-order valence-corrected chi connectivity index (χ1v) is 8.35. The number of likely N-dealkylation sites (tertiary alicyclic amines) is 1. The lowest BCUT2D eigenvalue weighted by molar-refractivity contribution is -0.121. The van der Waals surface area contributed by atoms with Gasteiger partial charge in [0.1, 0.15) is 0 Å². The fraction of sp³-hybridized carbons (Fsp3) is 0.529. The normalized spacial score (nSPS) is 15.3. The molecule has 1 aromatic carbocycles. The minimum atomic E-state index is -1.44. The van der Waals surface area contributed by atoms with E-state index in [4.69, 9.17) is 0 Å². The van der Waals surface area contributed by atoms with Gasteiger partial charge in [-0.05, 0) is 18.8 Å². The number of hydrogen-bond acceptors (Lipinski definition) is 2. The fourth-order valence-corrected chi connectivity index (χ4v) is 2.99. The van der Waals surface area contributed by atoms with Gasteiger partial charge in [0.15, 0.2) is 29.2 Å². The Morgan fingerprint density at radius 3 is 2.22 bits per heavy atom. The van der Waals surface area contributed by atoms with E-state index in [0.29, 0.717) is 25.5 Å². The summed E-state index contributed by atoms with van der Waals surface area (Å²) in [6, 6.07) is 0.181. The van der Waals surface area contributed by atoms with E-state index in [0.717, 1.165) is 12.8 Å². The average Bonchev–Trinajstić information content (AvgIpc) is 2.64. The monoisotopic (exact) mass is 502 g/mol. The Kier molecular flexibility index (Phi) is 9.27. The van der Waals surface area contributed by atoms with Crippen molar-refractivity contribution < 1.29 is 22.4 Å². The Bertz CT molecular complexity index is 668. The minimum absolute atomic E-state index is 0. The summed E-state index contributed by atoms with van der Waals surface area (Å²) in [4.78, 5) is 17.4. The van der Waals surface area contributed by atoms with Crippen molar-refractivity contribution in [2.45, 2.75) is 25.8 Å². The second-order valence-electron chi connectivity index (χ2n) is 6.16. The molecule has 1 heterocycles. The highest BCUT2D eigenvalue weighted by molar-refractivity contribution is 14.0. The number of nitrogens with one attached hydrogen (secondary N) is 2. The average molecular weight is 502 g/mol. The summed E-state index contributed by atoms with van der Waals surface area (Å²) in [5.74, 6) is -5.09. The van der Waals surface area contributed by atoms with E-state index in [2.05, 4.69) is 15.6 Å². The smallest absolute Gasteiger partial charge is 0.220 e. The molecule has 27 heavy (non-hydrogen) atoms. The number of aliphatic imine (C=N–C) groups is 1. The minimum Gasteiger partial charge on any atom is -0.359 e. The molecule has 0 bridgehead atoms. The summed E-state index contributed by atoms with van der Waals surface area (Å²) in [5.41, 5.74) is -0.710. The Hall–Kier alpha value is -1.59. The first-order valence-electron chi connectivity index (χ1n) is 8.35. The number of amides is 1. The topological polar surface area (TPSA) is 56.7 Å². The molecule has 0 aliphatic carbocycles. The molecule has 0 spiro atoms. The molecular formula is C17H23F4IN4O. The third-order valence-corrected chi connectivity index (χ3v) is 4.50. The highest BCUT2D eigenvalue weighted by atomic mass is 127. The molecule has 0 unspecified atom stereocenters. The second kappa shape index (κ2) is 10.7. The van der Waals surface area contributed by atoms with Crippen LogP contribution in [0.4, 0.5) is 17.6 Å². The zero-order valence-electron chi connectivity index (χ0n) is 15.1. The Morgan fingerprint density at radius 2 is 1.74 bits per heavy atom. The predicted octanol–water partition coefficient (Wildman–Crippen LogP) is 2.78. The molecule has 1 fully saturated rings. The molecule has 0 saturated carbocycles. The maximum absolute atomic E-state index is 13.7. The first kappa shape index (κ1) is 23.4. The highest BCUT2D eigenvalue weighted by Gasteiger charge is 2.24. The highest BCUT2D eigenvalue weighted by Crippen LogP contribution is 2.21. The van der Waals surface area contributed by atoms with Crippen molar-refractivity contribution in [3.8, 4) is 0 Å². The van der Waals surface area contributed by atoms with Crippen LogP contribution in [-0.4, -0.2) is 44.0 Å². The van der Waals surface area contributed by atoms with Gasteiger partial charge in [0, 0.05) is 51.8 Å². The molecule has 5 nitrogen and oxygen atoms in total. The molecule has 152 valence electrons. The van der Waals surface area contributed by atoms with Gasteiger partial charge >= 0.3 is 0 Å². The molecule has 0 atom stereocenters. The summed E-state index contributed by atoms with van der Waals surface area (Å²) in [6.45, 7) is 0.796. The lowest BCUT2D eigenvalue weighted by atomic mass is 9.93. The van der Waals surface area contributed by atoms with Crippen LogP contribution in [0.5, 0.6) is 0 Å². The lowest BCUT2D eigenvalue weighted by Gasteiger charge is -2.34. The van der Waals surface area contributed by atoms with Crippen molar-refractivity contribution in [1.29, 1.82) is 0 Å². The lowest BCUT2D eigenvalue weighted by Crippen LogP contribution is -2.46. The summed E-state index contributed by atoms with van der Waals surface area (Å²) >= 11 is 0. The van der Waals surface area contributed by atoms with Crippen molar-refractivity contribution in [3.05, 3.63) is 34.9 Å². The third-order valence-electron chi connectivity index (χ3n) is 4.50. The zero-order chi connectivity index (χ0) is 19.3. The number of hydrogen-bond donors (Lipinski definition) is 2. The number of benzene rings is 1. The summed E-state index contributed by atoms with van der Waals surface area (Å²) in [6.07, 6.45) is 1.99. The van der Waals surface area contributed by atoms with Gasteiger partial charge in [0.25, 0.3) is 0 Å². The van der Waals surface area contributed by atoms with Gasteiger partial charge < -0.3 is 15.5 Å². The number of piperidine rings is 1. The van der Waals surface area contributed by atoms with Crippen molar-refractivity contribution in [3.63, 3.8) is 0 Å². The van der Waals surface area contributed by atoms with E-state index in [1.165, 1.54) is 7.05 Å². The number of nitrogens with zero attached hydrogens (tertiary/aromatic N) is 2. The molecule has 1 aliphatic heterocycles. The van der Waals surface area contributed by atoms with Gasteiger partial charge in [-0.2, -0.15) is 0 Å². The van der Waals surface area contributed by atoms with Crippen LogP contribution < -0.4 is 10.6 Å². The van der Waals surface area contributed by atoms with Gasteiger partial charge in [-0.1, -0.05) is 0 Å². The van der Waals surface area contributed by atoms with Gasteiger partial charge in [0.05, 0.1) is 0 Å². The van der Waals surface area contributed by atoms with E-state index < -0.39 is 35.4 Å².